The lowest BCUT2D eigenvalue weighted by Gasteiger charge is -2.07. The van der Waals surface area contributed by atoms with E-state index in [0.29, 0.717) is 22.9 Å². The van der Waals surface area contributed by atoms with Gasteiger partial charge in [-0.05, 0) is 71.8 Å². The summed E-state index contributed by atoms with van der Waals surface area (Å²) in [6.07, 6.45) is 5.49. The highest BCUT2D eigenvalue weighted by atomic mass is 35.5. The molecule has 4 aromatic rings. The molecule has 0 bridgehead atoms. The van der Waals surface area contributed by atoms with E-state index in [1.165, 1.54) is 0 Å². The van der Waals surface area contributed by atoms with Crippen molar-refractivity contribution in [1.82, 2.24) is 9.99 Å². The van der Waals surface area contributed by atoms with Crippen molar-refractivity contribution in [3.05, 3.63) is 119 Å². The van der Waals surface area contributed by atoms with E-state index in [1.807, 2.05) is 89.8 Å². The zero-order chi connectivity index (χ0) is 21.5. The SMILES string of the molecule is O=C(N/N=C/c1cccc(OCc2ccc(Cl)cc2)c1)c1ccc(-n2cccc2)cc1. The predicted molar refractivity (Wildman–Crippen MR) is 123 cm³/mol. The third-order valence-electron chi connectivity index (χ3n) is 4.59. The first-order chi connectivity index (χ1) is 15.2. The summed E-state index contributed by atoms with van der Waals surface area (Å²) in [6, 6.07) is 26.2. The highest BCUT2D eigenvalue weighted by Gasteiger charge is 2.04. The lowest BCUT2D eigenvalue weighted by Crippen LogP contribution is -2.17. The van der Waals surface area contributed by atoms with Gasteiger partial charge >= 0.3 is 0 Å². The van der Waals surface area contributed by atoms with Crippen LogP contribution in [0.5, 0.6) is 5.75 Å². The van der Waals surface area contributed by atoms with Crippen LogP contribution >= 0.6 is 11.6 Å². The van der Waals surface area contributed by atoms with Gasteiger partial charge in [-0.3, -0.25) is 4.79 Å². The Labute approximate surface area is 185 Å². The molecule has 0 saturated carbocycles. The van der Waals surface area contributed by atoms with Crippen LogP contribution in [0.1, 0.15) is 21.5 Å². The van der Waals surface area contributed by atoms with Crippen molar-refractivity contribution in [2.75, 3.05) is 0 Å². The summed E-state index contributed by atoms with van der Waals surface area (Å²) in [7, 11) is 0. The van der Waals surface area contributed by atoms with E-state index >= 15 is 0 Å². The molecule has 1 heterocycles. The van der Waals surface area contributed by atoms with Crippen LogP contribution in [0.15, 0.2) is 102 Å². The van der Waals surface area contributed by atoms with Gasteiger partial charge in [0.25, 0.3) is 5.91 Å². The van der Waals surface area contributed by atoms with E-state index in [9.17, 15) is 4.79 Å². The molecule has 0 aliphatic heterocycles. The third-order valence-corrected chi connectivity index (χ3v) is 4.84. The van der Waals surface area contributed by atoms with Gasteiger partial charge in [-0.25, -0.2) is 5.43 Å². The first kappa shape index (κ1) is 20.4. The number of aromatic nitrogens is 1. The fourth-order valence-electron chi connectivity index (χ4n) is 2.95. The number of benzene rings is 3. The van der Waals surface area contributed by atoms with Crippen LogP contribution in [0.3, 0.4) is 0 Å². The lowest BCUT2D eigenvalue weighted by atomic mass is 10.2. The van der Waals surface area contributed by atoms with E-state index in [2.05, 4.69) is 10.5 Å². The van der Waals surface area contributed by atoms with Crippen molar-refractivity contribution in [1.29, 1.82) is 0 Å². The Morgan fingerprint density at radius 3 is 2.45 bits per heavy atom. The first-order valence-electron chi connectivity index (χ1n) is 9.71. The Morgan fingerprint density at radius 2 is 1.71 bits per heavy atom. The maximum Gasteiger partial charge on any atom is 0.271 e. The van der Waals surface area contributed by atoms with Gasteiger partial charge in [0.1, 0.15) is 12.4 Å². The van der Waals surface area contributed by atoms with Gasteiger partial charge in [0, 0.05) is 28.7 Å². The van der Waals surface area contributed by atoms with Crippen LogP contribution in [-0.4, -0.2) is 16.7 Å². The molecule has 0 saturated heterocycles. The Bertz CT molecular complexity index is 1170. The van der Waals surface area contributed by atoms with E-state index in [4.69, 9.17) is 16.3 Å². The number of hydrogen-bond donors (Lipinski definition) is 1. The number of hydrogen-bond acceptors (Lipinski definition) is 3. The average molecular weight is 430 g/mol. The monoisotopic (exact) mass is 429 g/mol. The Kier molecular flexibility index (Phi) is 6.45. The minimum atomic E-state index is -0.273. The van der Waals surface area contributed by atoms with Gasteiger partial charge in [-0.1, -0.05) is 35.9 Å². The molecule has 3 aromatic carbocycles. The number of nitrogens with zero attached hydrogens (tertiary/aromatic N) is 2. The number of nitrogens with one attached hydrogen (secondary N) is 1. The van der Waals surface area contributed by atoms with E-state index in [0.717, 1.165) is 16.8 Å². The second-order valence-corrected chi connectivity index (χ2v) is 7.26. The number of hydrazone groups is 1. The third kappa shape index (κ3) is 5.62. The largest absolute Gasteiger partial charge is 0.489 e. The van der Waals surface area contributed by atoms with E-state index in [-0.39, 0.29) is 5.91 Å². The quantitative estimate of drug-likeness (QED) is 0.312. The highest BCUT2D eigenvalue weighted by Crippen LogP contribution is 2.16. The average Bonchev–Trinajstić information content (AvgIpc) is 3.34. The van der Waals surface area contributed by atoms with E-state index < -0.39 is 0 Å². The van der Waals surface area contributed by atoms with Crippen molar-refractivity contribution in [3.8, 4) is 11.4 Å². The lowest BCUT2D eigenvalue weighted by molar-refractivity contribution is 0.0955. The summed E-state index contributed by atoms with van der Waals surface area (Å²) in [6.45, 7) is 0.438. The van der Waals surface area contributed by atoms with Crippen LogP contribution < -0.4 is 10.2 Å². The van der Waals surface area contributed by atoms with E-state index in [1.54, 1.807) is 18.3 Å². The molecule has 1 amide bonds. The summed E-state index contributed by atoms with van der Waals surface area (Å²) < 4.78 is 7.79. The molecule has 1 aromatic heterocycles. The summed E-state index contributed by atoms with van der Waals surface area (Å²) in [4.78, 5) is 12.3. The molecule has 154 valence electrons. The molecule has 0 spiro atoms. The van der Waals surface area contributed by atoms with Crippen molar-refractivity contribution in [2.45, 2.75) is 6.61 Å². The fraction of sp³-hybridized carbons (Fsp3) is 0.0400. The Morgan fingerprint density at radius 1 is 0.968 bits per heavy atom. The number of carbonyl (C=O) groups excluding carboxylic acids is 1. The normalized spacial score (nSPS) is 10.9. The van der Waals surface area contributed by atoms with Crippen molar-refractivity contribution in [3.63, 3.8) is 0 Å². The standard InChI is InChI=1S/C25H20ClN3O2/c26-22-10-6-19(7-11-22)18-31-24-5-3-4-20(16-24)17-27-28-25(30)21-8-12-23(13-9-21)29-14-1-2-15-29/h1-17H,18H2,(H,28,30)/b27-17+. The van der Waals surface area contributed by atoms with Gasteiger partial charge in [0.2, 0.25) is 0 Å². The van der Waals surface area contributed by atoms with Crippen LogP contribution in [0.4, 0.5) is 0 Å². The molecule has 5 nitrogen and oxygen atoms in total. The predicted octanol–water partition coefficient (Wildman–Crippen LogP) is 5.47. The zero-order valence-electron chi connectivity index (χ0n) is 16.6. The minimum absolute atomic E-state index is 0.273. The highest BCUT2D eigenvalue weighted by molar-refractivity contribution is 6.30. The Balaban J connectivity index is 1.32. The van der Waals surface area contributed by atoms with Gasteiger partial charge in [-0.15, -0.1) is 0 Å². The van der Waals surface area contributed by atoms with Crippen LogP contribution in [0.2, 0.25) is 5.02 Å². The van der Waals surface area contributed by atoms with Crippen LogP contribution in [-0.2, 0) is 6.61 Å². The molecular weight excluding hydrogens is 410 g/mol. The Hall–Kier alpha value is -3.83. The second-order valence-electron chi connectivity index (χ2n) is 6.82. The first-order valence-corrected chi connectivity index (χ1v) is 10.1. The zero-order valence-corrected chi connectivity index (χ0v) is 17.4. The number of halogens is 1. The molecule has 0 fully saturated rings. The molecule has 31 heavy (non-hydrogen) atoms. The molecule has 6 heteroatoms. The summed E-state index contributed by atoms with van der Waals surface area (Å²) in [5.41, 5.74) is 5.92. The molecule has 0 atom stereocenters. The maximum absolute atomic E-state index is 12.3. The molecule has 0 unspecified atom stereocenters. The maximum atomic E-state index is 12.3. The number of carbonyl (C=O) groups is 1. The minimum Gasteiger partial charge on any atom is -0.489 e. The number of ether oxygens (including phenoxy) is 1. The molecule has 0 radical (unpaired) electrons. The summed E-state index contributed by atoms with van der Waals surface area (Å²) in [5, 5.41) is 4.75. The van der Waals surface area contributed by atoms with Gasteiger partial charge in [0.15, 0.2) is 0 Å². The molecular formula is C25H20ClN3O2. The smallest absolute Gasteiger partial charge is 0.271 e. The van der Waals surface area contributed by atoms with Crippen molar-refractivity contribution < 1.29 is 9.53 Å². The van der Waals surface area contributed by atoms with Crippen molar-refractivity contribution in [2.24, 2.45) is 5.10 Å². The second kappa shape index (κ2) is 9.78. The molecule has 4 rings (SSSR count). The van der Waals surface area contributed by atoms with Gasteiger partial charge in [0.05, 0.1) is 6.21 Å². The van der Waals surface area contributed by atoms with Gasteiger partial charge in [-0.2, -0.15) is 5.10 Å². The van der Waals surface area contributed by atoms with Crippen molar-refractivity contribution >= 4 is 23.7 Å². The summed E-state index contributed by atoms with van der Waals surface area (Å²) >= 11 is 5.90. The topological polar surface area (TPSA) is 55.6 Å². The molecule has 1 N–H and O–H groups in total. The van der Waals surface area contributed by atoms with Gasteiger partial charge < -0.3 is 9.30 Å². The summed E-state index contributed by atoms with van der Waals surface area (Å²) in [5.74, 6) is 0.441. The molecule has 0 aliphatic rings. The fourth-order valence-corrected chi connectivity index (χ4v) is 3.08. The number of amides is 1. The molecule has 0 aliphatic carbocycles. The van der Waals surface area contributed by atoms with Crippen LogP contribution in [0, 0.1) is 0 Å². The number of rotatable bonds is 7. The van der Waals surface area contributed by atoms with Crippen LogP contribution in [0.25, 0.3) is 5.69 Å².